The lowest BCUT2D eigenvalue weighted by Gasteiger charge is -2.15. The first-order valence-corrected chi connectivity index (χ1v) is 6.11. The first-order chi connectivity index (χ1) is 8.97. The van der Waals surface area contributed by atoms with Crippen molar-refractivity contribution in [2.24, 2.45) is 5.92 Å². The third-order valence-corrected chi connectivity index (χ3v) is 3.09. The van der Waals surface area contributed by atoms with Gasteiger partial charge in [0.15, 0.2) is 0 Å². The van der Waals surface area contributed by atoms with Gasteiger partial charge in [-0.1, -0.05) is 11.6 Å². The molecule has 19 heavy (non-hydrogen) atoms. The summed E-state index contributed by atoms with van der Waals surface area (Å²) in [5, 5.41) is 11.9. The summed E-state index contributed by atoms with van der Waals surface area (Å²) in [7, 11) is 0. The number of nitrogens with one attached hydrogen (secondary N) is 1. The van der Waals surface area contributed by atoms with E-state index in [4.69, 9.17) is 21.4 Å². The van der Waals surface area contributed by atoms with Gasteiger partial charge in [0.05, 0.1) is 19.3 Å². The van der Waals surface area contributed by atoms with Gasteiger partial charge in [-0.2, -0.15) is 0 Å². The summed E-state index contributed by atoms with van der Waals surface area (Å²) in [6.45, 7) is 2.03. The van der Waals surface area contributed by atoms with Crippen molar-refractivity contribution >= 4 is 23.5 Å². The highest BCUT2D eigenvalue weighted by Gasteiger charge is 2.35. The predicted molar refractivity (Wildman–Crippen MR) is 67.2 cm³/mol. The van der Waals surface area contributed by atoms with Crippen molar-refractivity contribution < 1.29 is 19.4 Å². The van der Waals surface area contributed by atoms with E-state index in [9.17, 15) is 9.59 Å². The standard InChI is InChI=1S/C12H13ClN2O4/c1-6-2-7(3-10(13)14-6)11(16)15-9-5-19-4-8(9)12(17)18/h2-3,8-9H,4-5H2,1H3,(H,15,16)(H,17,18). The van der Waals surface area contributed by atoms with Crippen molar-refractivity contribution in [2.75, 3.05) is 13.2 Å². The van der Waals surface area contributed by atoms with Gasteiger partial charge < -0.3 is 15.2 Å². The van der Waals surface area contributed by atoms with Crippen LogP contribution in [0.15, 0.2) is 12.1 Å². The number of pyridine rings is 1. The van der Waals surface area contributed by atoms with Gasteiger partial charge >= 0.3 is 5.97 Å². The van der Waals surface area contributed by atoms with Crippen LogP contribution in [0.25, 0.3) is 0 Å². The smallest absolute Gasteiger partial charge is 0.311 e. The highest BCUT2D eigenvalue weighted by atomic mass is 35.5. The Morgan fingerprint density at radius 2 is 2.21 bits per heavy atom. The number of aryl methyl sites for hydroxylation is 1. The molecular formula is C12H13ClN2O4. The molecule has 2 N–H and O–H groups in total. The zero-order valence-corrected chi connectivity index (χ0v) is 11.0. The molecule has 2 rings (SSSR count). The van der Waals surface area contributed by atoms with Gasteiger partial charge in [-0.25, -0.2) is 4.98 Å². The van der Waals surface area contributed by atoms with Crippen LogP contribution in [0.2, 0.25) is 5.15 Å². The molecule has 1 aliphatic heterocycles. The molecular weight excluding hydrogens is 272 g/mol. The Kier molecular flexibility index (Phi) is 4.01. The molecule has 0 aliphatic carbocycles. The lowest BCUT2D eigenvalue weighted by atomic mass is 10.0. The Hall–Kier alpha value is -1.66. The number of hydrogen-bond acceptors (Lipinski definition) is 4. The number of carboxylic acids is 1. The van der Waals surface area contributed by atoms with E-state index in [0.717, 1.165) is 0 Å². The molecule has 2 atom stereocenters. The summed E-state index contributed by atoms with van der Waals surface area (Å²) in [4.78, 5) is 27.0. The van der Waals surface area contributed by atoms with E-state index >= 15 is 0 Å². The Bertz CT molecular complexity index is 500. The topological polar surface area (TPSA) is 88.5 Å². The second-order valence-corrected chi connectivity index (χ2v) is 4.77. The summed E-state index contributed by atoms with van der Waals surface area (Å²) in [5.74, 6) is -2.08. The molecule has 2 unspecified atom stereocenters. The predicted octanol–water partition coefficient (Wildman–Crippen LogP) is 0.873. The van der Waals surface area contributed by atoms with Crippen molar-refractivity contribution in [3.8, 4) is 0 Å². The molecule has 1 fully saturated rings. The van der Waals surface area contributed by atoms with E-state index in [2.05, 4.69) is 10.3 Å². The fraction of sp³-hybridized carbons (Fsp3) is 0.417. The van der Waals surface area contributed by atoms with E-state index in [0.29, 0.717) is 11.3 Å². The number of hydrogen-bond donors (Lipinski definition) is 2. The van der Waals surface area contributed by atoms with Crippen LogP contribution < -0.4 is 5.32 Å². The van der Waals surface area contributed by atoms with E-state index in [1.807, 2.05) is 0 Å². The third kappa shape index (κ3) is 3.21. The molecule has 0 spiro atoms. The maximum Gasteiger partial charge on any atom is 0.311 e. The Morgan fingerprint density at radius 1 is 1.47 bits per heavy atom. The van der Waals surface area contributed by atoms with E-state index < -0.39 is 17.9 Å². The highest BCUT2D eigenvalue weighted by molar-refractivity contribution is 6.29. The van der Waals surface area contributed by atoms with Gasteiger partial charge in [-0.05, 0) is 19.1 Å². The Labute approximate surface area is 114 Å². The number of rotatable bonds is 3. The number of amides is 1. The van der Waals surface area contributed by atoms with Crippen molar-refractivity contribution in [1.29, 1.82) is 0 Å². The maximum atomic E-state index is 12.0. The number of aliphatic carboxylic acids is 1. The molecule has 102 valence electrons. The molecule has 1 amide bonds. The SMILES string of the molecule is Cc1cc(C(=O)NC2COCC2C(=O)O)cc(Cl)n1. The first kappa shape index (κ1) is 13.8. The van der Waals surface area contributed by atoms with Crippen LogP contribution in [-0.2, 0) is 9.53 Å². The van der Waals surface area contributed by atoms with Crippen LogP contribution in [0.3, 0.4) is 0 Å². The number of nitrogens with zero attached hydrogens (tertiary/aromatic N) is 1. The molecule has 0 bridgehead atoms. The van der Waals surface area contributed by atoms with Crippen LogP contribution in [0.4, 0.5) is 0 Å². The molecule has 7 heteroatoms. The minimum absolute atomic E-state index is 0.108. The largest absolute Gasteiger partial charge is 0.481 e. The van der Waals surface area contributed by atoms with Gasteiger partial charge in [0.1, 0.15) is 11.1 Å². The fourth-order valence-corrected chi connectivity index (χ4v) is 2.20. The minimum Gasteiger partial charge on any atom is -0.481 e. The molecule has 0 radical (unpaired) electrons. The number of carbonyl (C=O) groups excluding carboxylic acids is 1. The van der Waals surface area contributed by atoms with Crippen LogP contribution in [0.1, 0.15) is 16.1 Å². The average molecular weight is 285 g/mol. The van der Waals surface area contributed by atoms with Crippen molar-refractivity contribution in [3.05, 3.63) is 28.5 Å². The van der Waals surface area contributed by atoms with Gasteiger partial charge in [-0.3, -0.25) is 9.59 Å². The van der Waals surface area contributed by atoms with E-state index in [1.165, 1.54) is 6.07 Å². The molecule has 1 aromatic rings. The summed E-state index contributed by atoms with van der Waals surface area (Å²) < 4.78 is 5.08. The van der Waals surface area contributed by atoms with Crippen LogP contribution in [0, 0.1) is 12.8 Å². The lowest BCUT2D eigenvalue weighted by Crippen LogP contribution is -2.42. The molecule has 0 aromatic carbocycles. The zero-order chi connectivity index (χ0) is 14.0. The summed E-state index contributed by atoms with van der Waals surface area (Å²) in [6.07, 6.45) is 0. The first-order valence-electron chi connectivity index (χ1n) is 5.73. The number of aromatic nitrogens is 1. The number of ether oxygens (including phenoxy) is 1. The Morgan fingerprint density at radius 3 is 2.84 bits per heavy atom. The quantitative estimate of drug-likeness (QED) is 0.804. The molecule has 1 aromatic heterocycles. The van der Waals surface area contributed by atoms with Gasteiger partial charge in [-0.15, -0.1) is 0 Å². The fourth-order valence-electron chi connectivity index (χ4n) is 1.95. The monoisotopic (exact) mass is 284 g/mol. The van der Waals surface area contributed by atoms with Crippen molar-refractivity contribution in [3.63, 3.8) is 0 Å². The van der Waals surface area contributed by atoms with Crippen LogP contribution in [-0.4, -0.2) is 41.2 Å². The summed E-state index contributed by atoms with van der Waals surface area (Å²) in [5.41, 5.74) is 0.976. The van der Waals surface area contributed by atoms with Crippen molar-refractivity contribution in [1.82, 2.24) is 10.3 Å². The van der Waals surface area contributed by atoms with E-state index in [-0.39, 0.29) is 24.3 Å². The molecule has 1 saturated heterocycles. The molecule has 2 heterocycles. The highest BCUT2D eigenvalue weighted by Crippen LogP contribution is 2.16. The molecule has 6 nitrogen and oxygen atoms in total. The van der Waals surface area contributed by atoms with Gasteiger partial charge in [0.2, 0.25) is 0 Å². The van der Waals surface area contributed by atoms with Crippen LogP contribution >= 0.6 is 11.6 Å². The summed E-state index contributed by atoms with van der Waals surface area (Å²) in [6, 6.07) is 2.50. The number of carbonyl (C=O) groups is 2. The minimum atomic E-state index is -0.980. The second kappa shape index (κ2) is 5.54. The summed E-state index contributed by atoms with van der Waals surface area (Å²) >= 11 is 5.78. The van der Waals surface area contributed by atoms with Gasteiger partial charge in [0.25, 0.3) is 5.91 Å². The average Bonchev–Trinajstić information content (AvgIpc) is 2.75. The normalized spacial score (nSPS) is 22.2. The van der Waals surface area contributed by atoms with E-state index in [1.54, 1.807) is 13.0 Å². The third-order valence-electron chi connectivity index (χ3n) is 2.90. The zero-order valence-electron chi connectivity index (χ0n) is 10.2. The lowest BCUT2D eigenvalue weighted by molar-refractivity contribution is -0.142. The van der Waals surface area contributed by atoms with Crippen LogP contribution in [0.5, 0.6) is 0 Å². The maximum absolute atomic E-state index is 12.0. The molecule has 0 saturated carbocycles. The number of halogens is 1. The Balaban J connectivity index is 2.10. The molecule has 1 aliphatic rings. The number of carboxylic acid groups (broad SMARTS) is 1. The van der Waals surface area contributed by atoms with Crippen molar-refractivity contribution in [2.45, 2.75) is 13.0 Å². The second-order valence-electron chi connectivity index (χ2n) is 4.38. The van der Waals surface area contributed by atoms with Gasteiger partial charge in [0, 0.05) is 11.3 Å².